The molecule has 0 radical (unpaired) electrons. The van der Waals surface area contributed by atoms with E-state index >= 15 is 0 Å². The first kappa shape index (κ1) is 45.1. The van der Waals surface area contributed by atoms with Crippen molar-refractivity contribution in [2.24, 2.45) is 17.8 Å². The summed E-state index contributed by atoms with van der Waals surface area (Å²) in [7, 11) is 1.25. The Labute approximate surface area is 361 Å². The molecule has 7 heteroatoms. The highest BCUT2D eigenvalue weighted by molar-refractivity contribution is 7.74. The molecule has 4 unspecified atom stereocenters. The fourth-order valence-electron chi connectivity index (χ4n) is 8.73. The van der Waals surface area contributed by atoms with Gasteiger partial charge in [-0.3, -0.25) is 9.59 Å². The van der Waals surface area contributed by atoms with Crippen molar-refractivity contribution in [1.29, 1.82) is 0 Å². The quantitative estimate of drug-likeness (QED) is 0.0578. The van der Waals surface area contributed by atoms with Gasteiger partial charge in [-0.15, -0.1) is 0 Å². The number of carbonyl (C=O) groups excluding carboxylic acids is 2. The van der Waals surface area contributed by atoms with Gasteiger partial charge in [-0.1, -0.05) is 161 Å². The van der Waals surface area contributed by atoms with Crippen molar-refractivity contribution < 1.29 is 19.1 Å². The second kappa shape index (κ2) is 22.4. The molecule has 0 heterocycles. The van der Waals surface area contributed by atoms with E-state index in [9.17, 15) is 9.59 Å². The molecule has 0 fully saturated rings. The minimum absolute atomic E-state index is 0.131. The van der Waals surface area contributed by atoms with Crippen LogP contribution < -0.4 is 26.5 Å². The first-order valence-corrected chi connectivity index (χ1v) is 24.8. The van der Waals surface area contributed by atoms with Crippen molar-refractivity contribution in [3.05, 3.63) is 133 Å². The number of ether oxygens (including phenoxy) is 2. The molecule has 0 amide bonds. The molecule has 0 saturated carbocycles. The Balaban J connectivity index is 1.60. The summed E-state index contributed by atoms with van der Waals surface area (Å²) in [5.74, 6) is 1.14. The lowest BCUT2D eigenvalue weighted by Crippen LogP contribution is -2.37. The van der Waals surface area contributed by atoms with Crippen molar-refractivity contribution in [3.8, 4) is 11.1 Å². The molecule has 6 aromatic rings. The zero-order valence-corrected chi connectivity index (χ0v) is 38.2. The van der Waals surface area contributed by atoms with Crippen LogP contribution in [0.2, 0.25) is 0 Å². The number of hydrogen-bond acceptors (Lipinski definition) is 5. The minimum atomic E-state index is -0.875. The second-order valence-electron chi connectivity index (χ2n) is 16.8. The maximum atomic E-state index is 12.3. The molecule has 6 aromatic carbocycles. The van der Waals surface area contributed by atoms with Gasteiger partial charge in [0.05, 0.1) is 20.6 Å². The second-order valence-corrected chi connectivity index (χ2v) is 21.3. The maximum Gasteiger partial charge on any atom is 0.306 e. The summed E-state index contributed by atoms with van der Waals surface area (Å²) >= 11 is 0. The zero-order chi connectivity index (χ0) is 42.4. The molecule has 0 aliphatic carbocycles. The fraction of sp³-hybridized carbons (Fsp3) is 0.358. The summed E-state index contributed by atoms with van der Waals surface area (Å²) in [6.07, 6.45) is 6.70. The van der Waals surface area contributed by atoms with Crippen LogP contribution in [0.4, 0.5) is 0 Å². The van der Waals surface area contributed by atoms with Crippen LogP contribution in [-0.4, -0.2) is 51.1 Å². The van der Waals surface area contributed by atoms with Gasteiger partial charge in [-0.25, -0.2) is 0 Å². The summed E-state index contributed by atoms with van der Waals surface area (Å²) in [4.78, 5) is 24.5. The average Bonchev–Trinajstić information content (AvgIpc) is 3.26. The van der Waals surface area contributed by atoms with Crippen LogP contribution in [0.25, 0.3) is 32.7 Å². The molecular formula is C53H63NO4P2. The number of esters is 2. The van der Waals surface area contributed by atoms with Crippen LogP contribution in [0.5, 0.6) is 0 Å². The van der Waals surface area contributed by atoms with Crippen molar-refractivity contribution in [3.63, 3.8) is 0 Å². The lowest BCUT2D eigenvalue weighted by molar-refractivity contribution is -0.141. The van der Waals surface area contributed by atoms with E-state index in [4.69, 9.17) is 9.47 Å². The molecule has 314 valence electrons. The number of benzene rings is 6. The monoisotopic (exact) mass is 839 g/mol. The Bertz CT molecular complexity index is 2130. The average molecular weight is 840 g/mol. The molecule has 0 aromatic heterocycles. The molecule has 0 bridgehead atoms. The van der Waals surface area contributed by atoms with Crippen LogP contribution in [0.15, 0.2) is 133 Å². The van der Waals surface area contributed by atoms with Gasteiger partial charge in [0.1, 0.15) is 0 Å². The van der Waals surface area contributed by atoms with Crippen LogP contribution >= 0.6 is 15.8 Å². The first-order valence-electron chi connectivity index (χ1n) is 21.7. The number of methoxy groups -OCH3 is 2. The molecule has 60 heavy (non-hydrogen) atoms. The van der Waals surface area contributed by atoms with Gasteiger partial charge in [-0.05, 0) is 125 Å². The Morgan fingerprint density at radius 1 is 0.550 bits per heavy atom. The Morgan fingerprint density at radius 3 is 1.52 bits per heavy atom. The summed E-state index contributed by atoms with van der Waals surface area (Å²) in [6.45, 7) is 9.81. The van der Waals surface area contributed by atoms with E-state index in [1.165, 1.54) is 68.1 Å². The van der Waals surface area contributed by atoms with Gasteiger partial charge in [0.25, 0.3) is 0 Å². The highest BCUT2D eigenvalue weighted by atomic mass is 31.1. The normalized spacial score (nSPS) is 13.7. The van der Waals surface area contributed by atoms with Gasteiger partial charge >= 0.3 is 11.9 Å². The topological polar surface area (TPSA) is 64.6 Å². The Kier molecular flexibility index (Phi) is 16.9. The summed E-state index contributed by atoms with van der Waals surface area (Å²) in [5.41, 5.74) is 2.68. The van der Waals surface area contributed by atoms with E-state index in [1.54, 1.807) is 0 Å². The third-order valence-corrected chi connectivity index (χ3v) is 16.8. The van der Waals surface area contributed by atoms with Crippen LogP contribution in [0, 0.1) is 17.8 Å². The van der Waals surface area contributed by atoms with E-state index in [2.05, 4.69) is 166 Å². The molecule has 0 aliphatic heterocycles. The summed E-state index contributed by atoms with van der Waals surface area (Å²) < 4.78 is 10.1. The van der Waals surface area contributed by atoms with E-state index < -0.39 is 15.8 Å². The molecule has 4 atom stereocenters. The predicted molar refractivity (Wildman–Crippen MR) is 259 cm³/mol. The van der Waals surface area contributed by atoms with E-state index in [0.29, 0.717) is 37.1 Å². The smallest absolute Gasteiger partial charge is 0.306 e. The van der Waals surface area contributed by atoms with Crippen LogP contribution in [-0.2, 0) is 19.1 Å². The molecule has 6 rings (SSSR count). The summed E-state index contributed by atoms with van der Waals surface area (Å²) in [6, 6.07) is 50.0. The lowest BCUT2D eigenvalue weighted by Gasteiger charge is -2.32. The van der Waals surface area contributed by atoms with Gasteiger partial charge in [0.2, 0.25) is 0 Å². The first-order chi connectivity index (χ1) is 29.2. The Hall–Kier alpha value is -4.40. The van der Waals surface area contributed by atoms with Gasteiger partial charge < -0.3 is 14.8 Å². The number of hydrogen-bond donors (Lipinski definition) is 1. The number of nitrogens with one attached hydrogen (secondary N) is 1. The molecule has 0 aliphatic rings. The molecular weight excluding hydrogens is 777 g/mol. The number of fused-ring (bicyclic) bond motifs is 2. The standard InChI is InChI=1S/C53H63NO4P2/c1-38(2)34-40(18-17-27-50(55)57-5)36-59(44-21-9-7-10-22-44)48-30-28-41-19-13-15-25-46(41)52(48)53-47-26-16-14-20-42(47)29-31-49(53)60(45-23-11-8-12-24-45)37-43(35-39(3)4)54-33-32-51(56)58-6/h7-16,19-26,28-31,38-40,43,54H,17-18,27,32-37H2,1-6H3. The fourth-order valence-corrected chi connectivity index (χ4v) is 14.3. The number of carbonyl (C=O) groups is 2. The van der Waals surface area contributed by atoms with Crippen LogP contribution in [0.1, 0.15) is 66.2 Å². The maximum absolute atomic E-state index is 12.3. The minimum Gasteiger partial charge on any atom is -0.469 e. The van der Waals surface area contributed by atoms with E-state index in [0.717, 1.165) is 38.0 Å². The van der Waals surface area contributed by atoms with Crippen molar-refractivity contribution in [1.82, 2.24) is 5.32 Å². The molecule has 0 saturated heterocycles. The third kappa shape index (κ3) is 11.9. The largest absolute Gasteiger partial charge is 0.469 e. The highest BCUT2D eigenvalue weighted by Crippen LogP contribution is 2.48. The van der Waals surface area contributed by atoms with E-state index in [-0.39, 0.29) is 18.0 Å². The van der Waals surface area contributed by atoms with Crippen molar-refractivity contribution in [2.45, 2.75) is 72.3 Å². The van der Waals surface area contributed by atoms with E-state index in [1.807, 2.05) is 0 Å². The third-order valence-electron chi connectivity index (χ3n) is 11.4. The lowest BCUT2D eigenvalue weighted by atomic mass is 9.93. The van der Waals surface area contributed by atoms with Gasteiger partial charge in [0.15, 0.2) is 0 Å². The molecule has 5 nitrogen and oxygen atoms in total. The van der Waals surface area contributed by atoms with Crippen LogP contribution in [0.3, 0.4) is 0 Å². The van der Waals surface area contributed by atoms with Gasteiger partial charge in [0, 0.05) is 19.0 Å². The van der Waals surface area contributed by atoms with Crippen molar-refractivity contribution in [2.75, 3.05) is 33.1 Å². The predicted octanol–water partition coefficient (Wildman–Crippen LogP) is 11.1. The highest BCUT2D eigenvalue weighted by Gasteiger charge is 2.30. The van der Waals surface area contributed by atoms with Crippen molar-refractivity contribution >= 4 is 70.5 Å². The molecule has 1 N–H and O–H groups in total. The zero-order valence-electron chi connectivity index (χ0n) is 36.4. The SMILES string of the molecule is COC(=O)CCCC(CC(C)C)CP(c1ccccc1)c1ccc2ccccc2c1-c1c(P(CC(CC(C)C)NCCC(=O)OC)c2ccccc2)ccc2ccccc12. The summed E-state index contributed by atoms with van der Waals surface area (Å²) in [5, 5.41) is 14.4. The number of rotatable bonds is 21. The molecule has 0 spiro atoms. The van der Waals surface area contributed by atoms with Gasteiger partial charge in [-0.2, -0.15) is 0 Å². The Morgan fingerprint density at radius 2 is 1.02 bits per heavy atom.